The average molecular weight is 187 g/mol. The number of rotatable bonds is 1. The zero-order valence-electron chi connectivity index (χ0n) is 7.16. The second kappa shape index (κ2) is 3.46. The first-order valence-corrected chi connectivity index (χ1v) is 5.80. The zero-order valence-corrected chi connectivity index (χ0v) is 7.97. The molecule has 0 unspecified atom stereocenters. The van der Waals surface area contributed by atoms with Crippen molar-refractivity contribution in [2.75, 3.05) is 19.3 Å². The van der Waals surface area contributed by atoms with Crippen molar-refractivity contribution in [1.29, 1.82) is 0 Å². The van der Waals surface area contributed by atoms with Crippen LogP contribution >= 0.6 is 0 Å². The Morgan fingerprint density at radius 3 is 2.75 bits per heavy atom. The highest BCUT2D eigenvalue weighted by atomic mass is 32.2. The smallest absolute Gasteiger partial charge is 0.211 e. The summed E-state index contributed by atoms with van der Waals surface area (Å²) in [7, 11) is -3.03. The predicted molar refractivity (Wildman–Crippen MR) is 48.0 cm³/mol. The fourth-order valence-corrected chi connectivity index (χ4v) is 2.29. The second-order valence-corrected chi connectivity index (χ2v) is 5.11. The van der Waals surface area contributed by atoms with E-state index in [1.165, 1.54) is 10.6 Å². The maximum absolute atomic E-state index is 11.1. The van der Waals surface area contributed by atoms with E-state index < -0.39 is 10.0 Å². The summed E-state index contributed by atoms with van der Waals surface area (Å²) in [5.41, 5.74) is 0. The second-order valence-electron chi connectivity index (χ2n) is 3.13. The van der Waals surface area contributed by atoms with Crippen molar-refractivity contribution in [3.05, 3.63) is 0 Å². The maximum Gasteiger partial charge on any atom is 0.211 e. The lowest BCUT2D eigenvalue weighted by atomic mass is 10.0. The average Bonchev–Trinajstić information content (AvgIpc) is 2.03. The summed E-state index contributed by atoms with van der Waals surface area (Å²) >= 11 is 0. The molecule has 1 aliphatic rings. The van der Waals surface area contributed by atoms with Crippen LogP contribution in [-0.2, 0) is 10.0 Å². The third-order valence-corrected chi connectivity index (χ3v) is 3.36. The van der Waals surface area contributed by atoms with E-state index in [9.17, 15) is 8.42 Å². The van der Waals surface area contributed by atoms with Crippen LogP contribution in [0.3, 0.4) is 0 Å². The largest absolute Gasteiger partial charge is 0.213 e. The van der Waals surface area contributed by atoms with Crippen LogP contribution in [0.25, 0.3) is 0 Å². The van der Waals surface area contributed by atoms with E-state index in [-0.39, 0.29) is 5.92 Å². The van der Waals surface area contributed by atoms with Gasteiger partial charge in [-0.3, -0.25) is 0 Å². The van der Waals surface area contributed by atoms with E-state index in [0.29, 0.717) is 13.1 Å². The van der Waals surface area contributed by atoms with Gasteiger partial charge in [0.25, 0.3) is 0 Å². The molecule has 0 amide bonds. The van der Waals surface area contributed by atoms with E-state index in [0.717, 1.165) is 12.8 Å². The molecule has 1 aliphatic heterocycles. The molecule has 3 nitrogen and oxygen atoms in total. The van der Waals surface area contributed by atoms with Crippen LogP contribution in [0.5, 0.6) is 0 Å². The summed E-state index contributed by atoms with van der Waals surface area (Å²) in [5.74, 6) is 2.70. The number of hydrogen-bond donors (Lipinski definition) is 0. The molecular weight excluding hydrogens is 174 g/mol. The van der Waals surface area contributed by atoms with E-state index in [2.05, 4.69) is 5.92 Å². The van der Waals surface area contributed by atoms with Crippen LogP contribution < -0.4 is 0 Å². The summed E-state index contributed by atoms with van der Waals surface area (Å²) in [6.45, 7) is 1.12. The van der Waals surface area contributed by atoms with Gasteiger partial charge in [0.15, 0.2) is 0 Å². The standard InChI is InChI=1S/C8H13NO2S/c1-3-8-5-4-6-9(7-8)12(2,10)11/h1,8H,4-7H2,2H3/t8-/m1/s1. The quantitative estimate of drug-likeness (QED) is 0.553. The third-order valence-electron chi connectivity index (χ3n) is 2.09. The minimum atomic E-state index is -3.03. The molecule has 4 heteroatoms. The van der Waals surface area contributed by atoms with Crippen molar-refractivity contribution in [1.82, 2.24) is 4.31 Å². The van der Waals surface area contributed by atoms with Gasteiger partial charge in [-0.1, -0.05) is 0 Å². The molecule has 0 N–H and O–H groups in total. The monoisotopic (exact) mass is 187 g/mol. The number of terminal acetylenes is 1. The van der Waals surface area contributed by atoms with Gasteiger partial charge >= 0.3 is 0 Å². The minimum absolute atomic E-state index is 0.105. The zero-order chi connectivity index (χ0) is 9.19. The fraction of sp³-hybridized carbons (Fsp3) is 0.750. The van der Waals surface area contributed by atoms with E-state index in [4.69, 9.17) is 6.42 Å². The van der Waals surface area contributed by atoms with Gasteiger partial charge in [-0.05, 0) is 12.8 Å². The summed E-state index contributed by atoms with van der Waals surface area (Å²) in [4.78, 5) is 0. The molecule has 0 spiro atoms. The van der Waals surface area contributed by atoms with Gasteiger partial charge in [0.05, 0.1) is 6.26 Å². The molecule has 12 heavy (non-hydrogen) atoms. The van der Waals surface area contributed by atoms with Gasteiger partial charge < -0.3 is 0 Å². The summed E-state index contributed by atoms with van der Waals surface area (Å²) in [6.07, 6.45) is 8.29. The van der Waals surface area contributed by atoms with Crippen LogP contribution in [0.4, 0.5) is 0 Å². The Hall–Kier alpha value is -0.530. The lowest BCUT2D eigenvalue weighted by Crippen LogP contribution is -2.38. The molecule has 0 bridgehead atoms. The molecular formula is C8H13NO2S. The van der Waals surface area contributed by atoms with E-state index in [1.807, 2.05) is 0 Å². The van der Waals surface area contributed by atoms with Gasteiger partial charge in [0.1, 0.15) is 0 Å². The molecule has 1 atom stereocenters. The molecule has 0 aromatic carbocycles. The first kappa shape index (κ1) is 9.56. The van der Waals surface area contributed by atoms with Crippen LogP contribution in [0.1, 0.15) is 12.8 Å². The third kappa shape index (κ3) is 2.23. The molecule has 68 valence electrons. The molecule has 1 rings (SSSR count). The number of nitrogens with zero attached hydrogens (tertiary/aromatic N) is 1. The first-order chi connectivity index (χ1) is 5.54. The van der Waals surface area contributed by atoms with E-state index >= 15 is 0 Å². The van der Waals surface area contributed by atoms with E-state index in [1.54, 1.807) is 0 Å². The molecule has 0 aliphatic carbocycles. The highest BCUT2D eigenvalue weighted by Crippen LogP contribution is 2.17. The van der Waals surface area contributed by atoms with Crippen LogP contribution in [0, 0.1) is 18.3 Å². The van der Waals surface area contributed by atoms with Crippen molar-refractivity contribution in [3.8, 4) is 12.3 Å². The van der Waals surface area contributed by atoms with Crippen molar-refractivity contribution >= 4 is 10.0 Å². The Balaban J connectivity index is 2.66. The van der Waals surface area contributed by atoms with Crippen LogP contribution in [0.15, 0.2) is 0 Å². The van der Waals surface area contributed by atoms with Gasteiger partial charge in [0.2, 0.25) is 10.0 Å². The summed E-state index contributed by atoms with van der Waals surface area (Å²) < 4.78 is 23.7. The van der Waals surface area contributed by atoms with Crippen LogP contribution in [-0.4, -0.2) is 32.1 Å². The Kier molecular flexibility index (Phi) is 2.76. The SMILES string of the molecule is C#C[C@@H]1CCCN(S(C)(=O)=O)C1. The van der Waals surface area contributed by atoms with Crippen molar-refractivity contribution < 1.29 is 8.42 Å². The van der Waals surface area contributed by atoms with Gasteiger partial charge in [-0.25, -0.2) is 12.7 Å². The topological polar surface area (TPSA) is 37.4 Å². The lowest BCUT2D eigenvalue weighted by molar-refractivity contribution is 0.308. The highest BCUT2D eigenvalue weighted by molar-refractivity contribution is 7.88. The number of hydrogen-bond acceptors (Lipinski definition) is 2. The highest BCUT2D eigenvalue weighted by Gasteiger charge is 2.24. The fourth-order valence-electron chi connectivity index (χ4n) is 1.38. The van der Waals surface area contributed by atoms with Crippen molar-refractivity contribution in [2.24, 2.45) is 5.92 Å². The molecule has 1 heterocycles. The Morgan fingerprint density at radius 2 is 2.25 bits per heavy atom. The van der Waals surface area contributed by atoms with Gasteiger partial charge in [-0.15, -0.1) is 12.3 Å². The molecule has 0 radical (unpaired) electrons. The van der Waals surface area contributed by atoms with Crippen molar-refractivity contribution in [2.45, 2.75) is 12.8 Å². The molecule has 0 aromatic heterocycles. The summed E-state index contributed by atoms with van der Waals surface area (Å²) in [5, 5.41) is 0. The Bertz CT molecular complexity index is 289. The Labute approximate surface area is 73.8 Å². The predicted octanol–water partition coefficient (Wildman–Crippen LogP) is 0.291. The number of piperidine rings is 1. The van der Waals surface area contributed by atoms with Crippen LogP contribution in [0.2, 0.25) is 0 Å². The van der Waals surface area contributed by atoms with Gasteiger partial charge in [-0.2, -0.15) is 0 Å². The minimum Gasteiger partial charge on any atom is -0.213 e. The number of sulfonamides is 1. The van der Waals surface area contributed by atoms with Gasteiger partial charge in [0, 0.05) is 19.0 Å². The molecule has 0 saturated carbocycles. The Morgan fingerprint density at radius 1 is 1.58 bits per heavy atom. The summed E-state index contributed by atoms with van der Waals surface area (Å²) in [6, 6.07) is 0. The molecule has 1 saturated heterocycles. The van der Waals surface area contributed by atoms with Crippen molar-refractivity contribution in [3.63, 3.8) is 0 Å². The molecule has 0 aromatic rings. The first-order valence-electron chi connectivity index (χ1n) is 3.95. The lowest BCUT2D eigenvalue weighted by Gasteiger charge is -2.27. The normalized spacial score (nSPS) is 26.5. The molecule has 1 fully saturated rings. The maximum atomic E-state index is 11.1.